The van der Waals surface area contributed by atoms with E-state index >= 15 is 0 Å². The van der Waals surface area contributed by atoms with E-state index in [2.05, 4.69) is 25.3 Å². The Balaban J connectivity index is 2.00. The van der Waals surface area contributed by atoms with Crippen molar-refractivity contribution < 1.29 is 8.42 Å². The molecule has 0 bridgehead atoms. The largest absolute Gasteiger partial charge is 0.279 e. The van der Waals surface area contributed by atoms with E-state index in [-0.39, 0.29) is 4.90 Å². The van der Waals surface area contributed by atoms with Gasteiger partial charge in [0.1, 0.15) is 0 Å². The van der Waals surface area contributed by atoms with Gasteiger partial charge in [0.05, 0.1) is 10.6 Å². The van der Waals surface area contributed by atoms with E-state index in [1.54, 1.807) is 42.5 Å². The zero-order valence-electron chi connectivity index (χ0n) is 10.8. The molecule has 1 aromatic heterocycles. The fourth-order valence-corrected chi connectivity index (χ4v) is 2.95. The van der Waals surface area contributed by atoms with E-state index in [1.807, 2.05) is 0 Å². The zero-order chi connectivity index (χ0) is 14.7. The van der Waals surface area contributed by atoms with Crippen molar-refractivity contribution in [3.05, 3.63) is 54.6 Å². The summed E-state index contributed by atoms with van der Waals surface area (Å²) < 4.78 is 27.2. The van der Waals surface area contributed by atoms with E-state index in [0.717, 1.165) is 0 Å². The Bertz CT molecular complexity index is 832. The van der Waals surface area contributed by atoms with Gasteiger partial charge in [0.15, 0.2) is 0 Å². The normalized spacial score (nSPS) is 11.2. The first kappa shape index (κ1) is 13.3. The second kappa shape index (κ2) is 5.33. The minimum atomic E-state index is -3.66. The highest BCUT2D eigenvalue weighted by Crippen LogP contribution is 2.26. The fourth-order valence-electron chi connectivity index (χ4n) is 1.85. The Morgan fingerprint density at radius 1 is 0.952 bits per heavy atom. The maximum atomic E-state index is 12.3. The first-order valence-electron chi connectivity index (χ1n) is 6.07. The quantitative estimate of drug-likeness (QED) is 0.763. The van der Waals surface area contributed by atoms with Crippen LogP contribution in [0.3, 0.4) is 0 Å². The van der Waals surface area contributed by atoms with Gasteiger partial charge < -0.3 is 0 Å². The molecule has 3 aromatic rings. The number of rotatable bonds is 4. The van der Waals surface area contributed by atoms with Crippen LogP contribution in [0.1, 0.15) is 0 Å². The van der Waals surface area contributed by atoms with Crippen LogP contribution in [-0.2, 0) is 10.0 Å². The van der Waals surface area contributed by atoms with Gasteiger partial charge in [-0.2, -0.15) is 5.21 Å². The van der Waals surface area contributed by atoms with Crippen LogP contribution in [0.4, 0.5) is 5.69 Å². The topological polar surface area (TPSA) is 101 Å². The SMILES string of the molecule is O=S(=O)(Nc1ccccc1-c1nn[nH]n1)c1ccccc1. The average Bonchev–Trinajstić information content (AvgIpc) is 3.02. The number of nitrogens with one attached hydrogen (secondary N) is 2. The van der Waals surface area contributed by atoms with Crippen LogP contribution in [0.5, 0.6) is 0 Å². The van der Waals surface area contributed by atoms with Gasteiger partial charge in [-0.25, -0.2) is 8.42 Å². The number of benzene rings is 2. The molecule has 0 fully saturated rings. The van der Waals surface area contributed by atoms with Crippen LogP contribution < -0.4 is 4.72 Å². The molecule has 0 aliphatic rings. The molecule has 0 aliphatic carbocycles. The lowest BCUT2D eigenvalue weighted by molar-refractivity contribution is 0.601. The number of tetrazole rings is 1. The molecule has 7 nitrogen and oxygen atoms in total. The van der Waals surface area contributed by atoms with Crippen molar-refractivity contribution in [2.24, 2.45) is 0 Å². The van der Waals surface area contributed by atoms with Crippen molar-refractivity contribution in [3.63, 3.8) is 0 Å². The summed E-state index contributed by atoms with van der Waals surface area (Å²) in [5.74, 6) is 0.321. The van der Waals surface area contributed by atoms with Crippen LogP contribution in [-0.4, -0.2) is 29.0 Å². The van der Waals surface area contributed by atoms with Crippen molar-refractivity contribution in [1.82, 2.24) is 20.6 Å². The van der Waals surface area contributed by atoms with Gasteiger partial charge in [-0.05, 0) is 29.5 Å². The van der Waals surface area contributed by atoms with Crippen molar-refractivity contribution in [2.75, 3.05) is 4.72 Å². The fraction of sp³-hybridized carbons (Fsp3) is 0. The standard InChI is InChI=1S/C13H11N5O2S/c19-21(20,10-6-2-1-3-7-10)16-12-9-5-4-8-11(12)13-14-17-18-15-13/h1-9,16H,(H,14,15,17,18). The molecule has 21 heavy (non-hydrogen) atoms. The smallest absolute Gasteiger partial charge is 0.261 e. The minimum absolute atomic E-state index is 0.188. The molecule has 0 radical (unpaired) electrons. The van der Waals surface area contributed by atoms with Crippen LogP contribution >= 0.6 is 0 Å². The third-order valence-corrected chi connectivity index (χ3v) is 4.19. The third kappa shape index (κ3) is 2.75. The molecule has 0 saturated heterocycles. The highest BCUT2D eigenvalue weighted by Gasteiger charge is 2.17. The maximum Gasteiger partial charge on any atom is 0.261 e. The molecule has 0 saturated carbocycles. The molecule has 0 atom stereocenters. The molecule has 1 heterocycles. The molecular weight excluding hydrogens is 290 g/mol. The number of hydrogen-bond donors (Lipinski definition) is 2. The van der Waals surface area contributed by atoms with Gasteiger partial charge in [0.25, 0.3) is 10.0 Å². The van der Waals surface area contributed by atoms with Crippen LogP contribution in [0.25, 0.3) is 11.4 Å². The van der Waals surface area contributed by atoms with E-state index < -0.39 is 10.0 Å². The van der Waals surface area contributed by atoms with Gasteiger partial charge in [0, 0.05) is 5.56 Å². The molecule has 106 valence electrons. The van der Waals surface area contributed by atoms with Crippen LogP contribution in [0.2, 0.25) is 0 Å². The van der Waals surface area contributed by atoms with Crippen LogP contribution in [0, 0.1) is 0 Å². The summed E-state index contributed by atoms with van der Waals surface area (Å²) in [5.41, 5.74) is 0.938. The van der Waals surface area contributed by atoms with Crippen molar-refractivity contribution in [1.29, 1.82) is 0 Å². The number of aromatic nitrogens is 4. The predicted octanol–water partition coefficient (Wildman–Crippen LogP) is 1.67. The Hall–Kier alpha value is -2.74. The van der Waals surface area contributed by atoms with Gasteiger partial charge in [-0.15, -0.1) is 10.2 Å². The molecule has 2 aromatic carbocycles. The lowest BCUT2D eigenvalue weighted by Crippen LogP contribution is -2.13. The second-order valence-electron chi connectivity index (χ2n) is 4.20. The molecule has 0 aliphatic heterocycles. The second-order valence-corrected chi connectivity index (χ2v) is 5.88. The number of aromatic amines is 1. The minimum Gasteiger partial charge on any atom is -0.279 e. The monoisotopic (exact) mass is 301 g/mol. The van der Waals surface area contributed by atoms with Crippen molar-refractivity contribution >= 4 is 15.7 Å². The average molecular weight is 301 g/mol. The number of sulfonamides is 1. The molecule has 2 N–H and O–H groups in total. The lowest BCUT2D eigenvalue weighted by Gasteiger charge is -2.10. The van der Waals surface area contributed by atoms with E-state index in [4.69, 9.17) is 0 Å². The molecule has 0 spiro atoms. The van der Waals surface area contributed by atoms with E-state index in [0.29, 0.717) is 17.1 Å². The predicted molar refractivity (Wildman–Crippen MR) is 76.9 cm³/mol. The van der Waals surface area contributed by atoms with E-state index in [1.165, 1.54) is 12.1 Å². The molecule has 0 unspecified atom stereocenters. The molecular formula is C13H11N5O2S. The van der Waals surface area contributed by atoms with Gasteiger partial charge in [-0.3, -0.25) is 4.72 Å². The summed E-state index contributed by atoms with van der Waals surface area (Å²) in [7, 11) is -3.66. The first-order valence-corrected chi connectivity index (χ1v) is 7.56. The highest BCUT2D eigenvalue weighted by molar-refractivity contribution is 7.92. The number of H-pyrrole nitrogens is 1. The Kier molecular flexibility index (Phi) is 3.36. The van der Waals surface area contributed by atoms with Gasteiger partial charge in [0.2, 0.25) is 5.82 Å². The maximum absolute atomic E-state index is 12.3. The molecule has 8 heteroatoms. The Morgan fingerprint density at radius 2 is 1.67 bits per heavy atom. The number of nitrogens with zero attached hydrogens (tertiary/aromatic N) is 3. The summed E-state index contributed by atoms with van der Waals surface area (Å²) in [4.78, 5) is 0.188. The summed E-state index contributed by atoms with van der Waals surface area (Å²) in [6, 6.07) is 15.0. The Labute approximate surface area is 121 Å². The molecule has 3 rings (SSSR count). The lowest BCUT2D eigenvalue weighted by atomic mass is 10.2. The zero-order valence-corrected chi connectivity index (χ0v) is 11.6. The third-order valence-electron chi connectivity index (χ3n) is 2.81. The first-order chi connectivity index (χ1) is 10.2. The Morgan fingerprint density at radius 3 is 2.38 bits per heavy atom. The summed E-state index contributed by atoms with van der Waals surface area (Å²) in [6.45, 7) is 0. The highest BCUT2D eigenvalue weighted by atomic mass is 32.2. The number of para-hydroxylation sites is 1. The van der Waals surface area contributed by atoms with Crippen LogP contribution in [0.15, 0.2) is 59.5 Å². The summed E-state index contributed by atoms with van der Waals surface area (Å²) >= 11 is 0. The van der Waals surface area contributed by atoms with Crippen molar-refractivity contribution in [3.8, 4) is 11.4 Å². The number of hydrogen-bond acceptors (Lipinski definition) is 5. The number of anilines is 1. The summed E-state index contributed by atoms with van der Waals surface area (Å²) in [5, 5.41) is 13.6. The van der Waals surface area contributed by atoms with Gasteiger partial charge >= 0.3 is 0 Å². The van der Waals surface area contributed by atoms with E-state index in [9.17, 15) is 8.42 Å². The summed E-state index contributed by atoms with van der Waals surface area (Å²) in [6.07, 6.45) is 0. The van der Waals surface area contributed by atoms with Gasteiger partial charge in [-0.1, -0.05) is 30.3 Å². The molecule has 0 amide bonds. The van der Waals surface area contributed by atoms with Crippen molar-refractivity contribution in [2.45, 2.75) is 4.90 Å².